The highest BCUT2D eigenvalue weighted by atomic mass is 31.2. The first-order chi connectivity index (χ1) is 37.7. The second-order valence-corrected chi connectivity index (χ2v) is 21.6. The van der Waals surface area contributed by atoms with E-state index in [2.05, 4.69) is 36.7 Å². The molecule has 3 N–H and O–H groups in total. The topological polar surface area (TPSA) is 132 Å². The molecule has 0 aliphatic rings. The lowest BCUT2D eigenvalue weighted by Crippen LogP contribution is -2.36. The van der Waals surface area contributed by atoms with Crippen LogP contribution in [0, 0.1) is 0 Å². The molecule has 11 heteroatoms. The molecule has 3 amide bonds. The van der Waals surface area contributed by atoms with Crippen LogP contribution in [-0.2, 0) is 32.5 Å². The number of phosphoric ester groups is 1. The molecule has 6 rings (SSSR count). The number of rotatable bonds is 36. The molecule has 77 heavy (non-hydrogen) atoms. The van der Waals surface area contributed by atoms with Crippen LogP contribution in [0.5, 0.6) is 0 Å². The van der Waals surface area contributed by atoms with E-state index in [0.717, 1.165) is 77.0 Å². The van der Waals surface area contributed by atoms with Gasteiger partial charge in [-0.1, -0.05) is 280 Å². The monoisotopic (exact) mass is 1060 g/mol. The minimum atomic E-state index is -5.09. The fraction of sp³-hybridized carbons (Fsp3) is 0.409. The Morgan fingerprint density at radius 2 is 0.532 bits per heavy atom. The van der Waals surface area contributed by atoms with Crippen LogP contribution in [-0.4, -0.2) is 17.7 Å². The van der Waals surface area contributed by atoms with Gasteiger partial charge in [0.1, 0.15) is 18.3 Å². The zero-order chi connectivity index (χ0) is 54.3. The van der Waals surface area contributed by atoms with Crippen molar-refractivity contribution in [2.24, 2.45) is 0 Å². The number of carbonyl (C=O) groups excluding carboxylic acids is 3. The number of hydrogen-bond acceptors (Lipinski definition) is 7. The summed E-state index contributed by atoms with van der Waals surface area (Å²) in [5.74, 6) is -0.531. The van der Waals surface area contributed by atoms with E-state index in [0.29, 0.717) is 71.9 Å². The average Bonchev–Trinajstić information content (AvgIpc) is 3.48. The van der Waals surface area contributed by atoms with Crippen molar-refractivity contribution in [3.63, 3.8) is 0 Å². The molecule has 0 bridgehead atoms. The molecule has 0 aromatic heterocycles. The van der Waals surface area contributed by atoms with E-state index >= 15 is 4.57 Å². The lowest BCUT2D eigenvalue weighted by Gasteiger charge is -2.37. The minimum Gasteiger partial charge on any atom is -0.346 e. The summed E-state index contributed by atoms with van der Waals surface area (Å²) in [5.41, 5.74) is 3.97. The molecule has 410 valence electrons. The highest BCUT2D eigenvalue weighted by molar-refractivity contribution is 7.48. The predicted octanol–water partition coefficient (Wildman–Crippen LogP) is 17.0. The van der Waals surface area contributed by atoms with Crippen LogP contribution in [0.1, 0.15) is 206 Å². The van der Waals surface area contributed by atoms with Crippen LogP contribution in [0.3, 0.4) is 0 Å². The predicted molar refractivity (Wildman–Crippen MR) is 311 cm³/mol. The molecule has 0 spiro atoms. The normalized spacial score (nSPS) is 14.5. The van der Waals surface area contributed by atoms with Crippen molar-refractivity contribution in [1.29, 1.82) is 0 Å². The Morgan fingerprint density at radius 3 is 0.753 bits per heavy atom. The lowest BCUT2D eigenvalue weighted by molar-refractivity contribution is -0.123. The molecule has 0 radical (unpaired) electrons. The number of nitrogens with one attached hydrogen (secondary N) is 3. The van der Waals surface area contributed by atoms with Gasteiger partial charge in [-0.05, 0) is 52.6 Å². The van der Waals surface area contributed by atoms with Crippen molar-refractivity contribution in [2.45, 2.75) is 173 Å². The van der Waals surface area contributed by atoms with Crippen LogP contribution in [0.4, 0.5) is 0 Å². The lowest BCUT2D eigenvalue weighted by atomic mass is 9.95. The molecule has 0 fully saturated rings. The molecular formula is C66H84N3O7P. The number of hydrogen-bond donors (Lipinski definition) is 3. The standard InChI is InChI=1S/C66H84N3O7P/c1-4-7-10-13-34-49-58(70)67-61(52-37-22-16-23-38-52)64(55-43-28-19-29-44-55)74-77(73,75-65(56-45-30-20-31-46-56)62(53-39-24-17-25-40-53)68-59(71)50-35-14-11-8-5-2)76-66(57-47-32-21-33-48-57)63(54-41-26-18-27-42-54)69-60(72)51-36-15-12-9-6-3/h16-33,37-48,61-66H,4-15,34-36,49-51H2,1-3H3,(H,67,70)(H,68,71)(H,69,72). The van der Waals surface area contributed by atoms with Crippen LogP contribution in [0.25, 0.3) is 0 Å². The van der Waals surface area contributed by atoms with E-state index in [9.17, 15) is 14.4 Å². The fourth-order valence-corrected chi connectivity index (χ4v) is 11.5. The summed E-state index contributed by atoms with van der Waals surface area (Å²) in [6.45, 7) is 6.50. The van der Waals surface area contributed by atoms with Gasteiger partial charge in [-0.15, -0.1) is 0 Å². The second-order valence-electron chi connectivity index (χ2n) is 20.1. The summed E-state index contributed by atoms with van der Waals surface area (Å²) < 4.78 is 39.0. The first-order valence-corrected chi connectivity index (χ1v) is 30.0. The fourth-order valence-electron chi connectivity index (χ4n) is 9.75. The summed E-state index contributed by atoms with van der Waals surface area (Å²) in [4.78, 5) is 42.8. The summed E-state index contributed by atoms with van der Waals surface area (Å²) in [6, 6.07) is 54.2. The Bertz CT molecular complexity index is 2320. The van der Waals surface area contributed by atoms with Crippen molar-refractivity contribution in [2.75, 3.05) is 0 Å². The second kappa shape index (κ2) is 33.9. The molecule has 10 nitrogen and oxygen atoms in total. The van der Waals surface area contributed by atoms with Gasteiger partial charge in [-0.2, -0.15) is 0 Å². The molecule has 0 aliphatic heterocycles. The van der Waals surface area contributed by atoms with Crippen LogP contribution >= 0.6 is 7.82 Å². The van der Waals surface area contributed by atoms with E-state index in [1.807, 2.05) is 182 Å². The van der Waals surface area contributed by atoms with E-state index in [-0.39, 0.29) is 17.7 Å². The van der Waals surface area contributed by atoms with Gasteiger partial charge in [0.05, 0.1) is 18.1 Å². The Hall–Kier alpha value is -6.16. The van der Waals surface area contributed by atoms with Crippen LogP contribution in [0.2, 0.25) is 0 Å². The number of carbonyl (C=O) groups is 3. The summed E-state index contributed by atoms with van der Waals surface area (Å²) in [6.07, 6.45) is 12.0. The molecule has 6 aromatic rings. The third kappa shape index (κ3) is 20.3. The molecular weight excluding hydrogens is 978 g/mol. The van der Waals surface area contributed by atoms with Gasteiger partial charge < -0.3 is 16.0 Å². The van der Waals surface area contributed by atoms with Crippen molar-refractivity contribution in [3.05, 3.63) is 215 Å². The molecule has 6 unspecified atom stereocenters. The highest BCUT2D eigenvalue weighted by Crippen LogP contribution is 2.63. The molecule has 0 saturated carbocycles. The average molecular weight is 1060 g/mol. The van der Waals surface area contributed by atoms with Gasteiger partial charge in [0.2, 0.25) is 17.7 Å². The number of phosphoric acid groups is 1. The van der Waals surface area contributed by atoms with Gasteiger partial charge in [0.15, 0.2) is 0 Å². The minimum absolute atomic E-state index is 0.177. The van der Waals surface area contributed by atoms with Gasteiger partial charge in [-0.25, -0.2) is 4.57 Å². The van der Waals surface area contributed by atoms with Crippen molar-refractivity contribution in [1.82, 2.24) is 16.0 Å². The van der Waals surface area contributed by atoms with Gasteiger partial charge in [-0.3, -0.25) is 28.0 Å². The number of amides is 3. The van der Waals surface area contributed by atoms with Crippen LogP contribution in [0.15, 0.2) is 182 Å². The molecule has 0 saturated heterocycles. The third-order valence-corrected chi connectivity index (χ3v) is 15.4. The van der Waals surface area contributed by atoms with E-state index in [1.54, 1.807) is 0 Å². The first-order valence-electron chi connectivity index (χ1n) is 28.5. The number of benzene rings is 6. The Morgan fingerprint density at radius 1 is 0.325 bits per heavy atom. The Labute approximate surface area is 460 Å². The zero-order valence-corrected chi connectivity index (χ0v) is 46.7. The van der Waals surface area contributed by atoms with Gasteiger partial charge in [0, 0.05) is 19.3 Å². The van der Waals surface area contributed by atoms with Crippen molar-refractivity contribution >= 4 is 25.5 Å². The maximum atomic E-state index is 17.2. The van der Waals surface area contributed by atoms with Gasteiger partial charge >= 0.3 is 7.82 Å². The first kappa shape index (κ1) is 60.1. The van der Waals surface area contributed by atoms with E-state index in [4.69, 9.17) is 13.6 Å². The van der Waals surface area contributed by atoms with E-state index < -0.39 is 44.3 Å². The summed E-state index contributed by atoms with van der Waals surface area (Å²) >= 11 is 0. The quantitative estimate of drug-likeness (QED) is 0.0264. The molecule has 6 atom stereocenters. The largest absolute Gasteiger partial charge is 0.476 e. The third-order valence-electron chi connectivity index (χ3n) is 14.0. The Balaban J connectivity index is 1.54. The highest BCUT2D eigenvalue weighted by Gasteiger charge is 2.45. The van der Waals surface area contributed by atoms with Crippen LogP contribution < -0.4 is 16.0 Å². The maximum Gasteiger partial charge on any atom is 0.476 e. The number of unbranched alkanes of at least 4 members (excludes halogenated alkanes) is 12. The Kier molecular flexibility index (Phi) is 26.4. The molecule has 6 aromatic carbocycles. The van der Waals surface area contributed by atoms with Gasteiger partial charge in [0.25, 0.3) is 0 Å². The summed E-state index contributed by atoms with van der Waals surface area (Å²) in [5, 5.41) is 9.96. The molecule has 0 aliphatic carbocycles. The van der Waals surface area contributed by atoms with Crippen molar-refractivity contribution < 1.29 is 32.5 Å². The SMILES string of the molecule is CCCCCCCC(=O)NC(c1ccccc1)C(OP(=O)(OC(c1ccccc1)C(NC(=O)CCCCCCC)c1ccccc1)OC(c1ccccc1)C(NC(=O)CCCCCCC)c1ccccc1)c1ccccc1. The van der Waals surface area contributed by atoms with Crippen molar-refractivity contribution in [3.8, 4) is 0 Å². The molecule has 0 heterocycles. The summed E-state index contributed by atoms with van der Waals surface area (Å²) in [7, 11) is -5.09. The smallest absolute Gasteiger partial charge is 0.346 e. The maximum absolute atomic E-state index is 17.2. The van der Waals surface area contributed by atoms with E-state index in [1.165, 1.54) is 0 Å². The zero-order valence-electron chi connectivity index (χ0n) is 45.8.